The van der Waals surface area contributed by atoms with Crippen molar-refractivity contribution in [3.8, 4) is 5.75 Å². The number of para-hydroxylation sites is 1. The van der Waals surface area contributed by atoms with E-state index in [-0.39, 0.29) is 24.7 Å². The Balaban J connectivity index is 2.15. The highest BCUT2D eigenvalue weighted by Gasteiger charge is 2.13. The van der Waals surface area contributed by atoms with E-state index in [1.54, 1.807) is 18.2 Å². The van der Waals surface area contributed by atoms with Gasteiger partial charge in [-0.2, -0.15) is 0 Å². The minimum absolute atomic E-state index is 0.0136. The van der Waals surface area contributed by atoms with E-state index >= 15 is 0 Å². The van der Waals surface area contributed by atoms with Crippen molar-refractivity contribution in [1.82, 2.24) is 0 Å². The maximum absolute atomic E-state index is 13.6. The lowest BCUT2D eigenvalue weighted by molar-refractivity contribution is -0.385. The van der Waals surface area contributed by atoms with E-state index in [1.807, 2.05) is 0 Å². The van der Waals surface area contributed by atoms with Gasteiger partial charge in [0.15, 0.2) is 11.6 Å². The molecule has 0 spiro atoms. The Hall–Kier alpha value is -2.47. The van der Waals surface area contributed by atoms with E-state index in [2.05, 4.69) is 0 Å². The molecule has 2 rings (SSSR count). The third-order valence-electron chi connectivity index (χ3n) is 2.75. The number of aliphatic hydroxyl groups is 1. The first kappa shape index (κ1) is 14.0. The van der Waals surface area contributed by atoms with E-state index in [9.17, 15) is 14.5 Å². The Kier molecular flexibility index (Phi) is 4.27. The lowest BCUT2D eigenvalue weighted by atomic mass is 10.2. The van der Waals surface area contributed by atoms with Gasteiger partial charge < -0.3 is 9.84 Å². The highest BCUT2D eigenvalue weighted by molar-refractivity contribution is 5.39. The van der Waals surface area contributed by atoms with Crippen molar-refractivity contribution in [2.45, 2.75) is 13.2 Å². The minimum Gasteiger partial charge on any atom is -0.486 e. The van der Waals surface area contributed by atoms with Crippen LogP contribution in [0.25, 0.3) is 0 Å². The number of hydrogen-bond donors (Lipinski definition) is 1. The van der Waals surface area contributed by atoms with E-state index in [4.69, 9.17) is 9.84 Å². The Morgan fingerprint density at radius 1 is 1.25 bits per heavy atom. The summed E-state index contributed by atoms with van der Waals surface area (Å²) in [6.07, 6.45) is 0. The molecule has 0 radical (unpaired) electrons. The fourth-order valence-corrected chi connectivity index (χ4v) is 1.73. The van der Waals surface area contributed by atoms with Crippen molar-refractivity contribution < 1.29 is 19.2 Å². The van der Waals surface area contributed by atoms with Crippen LogP contribution in [0.2, 0.25) is 0 Å². The van der Waals surface area contributed by atoms with Crippen LogP contribution in [-0.4, -0.2) is 10.0 Å². The SMILES string of the molecule is O=[N+]([O-])c1ccccc1COc1ccc(CO)cc1F. The Morgan fingerprint density at radius 3 is 2.65 bits per heavy atom. The van der Waals surface area contributed by atoms with Crippen LogP contribution >= 0.6 is 0 Å². The van der Waals surface area contributed by atoms with Crippen LogP contribution in [0.5, 0.6) is 5.75 Å². The molecule has 0 fully saturated rings. The van der Waals surface area contributed by atoms with E-state index in [0.29, 0.717) is 11.1 Å². The second-order valence-electron chi connectivity index (χ2n) is 4.10. The maximum atomic E-state index is 13.6. The molecule has 0 aliphatic rings. The molecule has 0 unspecified atom stereocenters. The van der Waals surface area contributed by atoms with Gasteiger partial charge in [0, 0.05) is 6.07 Å². The van der Waals surface area contributed by atoms with Gasteiger partial charge >= 0.3 is 0 Å². The van der Waals surface area contributed by atoms with Crippen LogP contribution in [0.4, 0.5) is 10.1 Å². The average Bonchev–Trinajstić information content (AvgIpc) is 2.46. The largest absolute Gasteiger partial charge is 0.486 e. The van der Waals surface area contributed by atoms with Gasteiger partial charge in [0.1, 0.15) is 6.61 Å². The average molecular weight is 277 g/mol. The van der Waals surface area contributed by atoms with Gasteiger partial charge in [-0.1, -0.05) is 18.2 Å². The van der Waals surface area contributed by atoms with Crippen LogP contribution in [-0.2, 0) is 13.2 Å². The molecule has 0 aliphatic heterocycles. The number of hydrogen-bond acceptors (Lipinski definition) is 4. The predicted octanol–water partition coefficient (Wildman–Crippen LogP) is 2.81. The molecule has 0 bridgehead atoms. The summed E-state index contributed by atoms with van der Waals surface area (Å²) >= 11 is 0. The van der Waals surface area contributed by atoms with Crippen LogP contribution in [0.1, 0.15) is 11.1 Å². The molecule has 0 aromatic heterocycles. The number of ether oxygens (including phenoxy) is 1. The third-order valence-corrected chi connectivity index (χ3v) is 2.75. The molecular formula is C14H12FNO4. The van der Waals surface area contributed by atoms with E-state index in [0.717, 1.165) is 6.07 Å². The first-order chi connectivity index (χ1) is 9.61. The number of nitro groups is 1. The quantitative estimate of drug-likeness (QED) is 0.673. The van der Waals surface area contributed by atoms with Gasteiger partial charge in [-0.05, 0) is 23.8 Å². The number of halogens is 1. The molecule has 0 saturated carbocycles. The molecule has 2 aromatic rings. The lowest BCUT2D eigenvalue weighted by Gasteiger charge is -2.08. The van der Waals surface area contributed by atoms with Crippen LogP contribution in [0.15, 0.2) is 42.5 Å². The summed E-state index contributed by atoms with van der Waals surface area (Å²) in [7, 11) is 0. The smallest absolute Gasteiger partial charge is 0.276 e. The van der Waals surface area contributed by atoms with Crippen LogP contribution in [0.3, 0.4) is 0 Å². The highest BCUT2D eigenvalue weighted by Crippen LogP contribution is 2.23. The molecule has 0 atom stereocenters. The molecule has 5 nitrogen and oxygen atoms in total. The summed E-state index contributed by atoms with van der Waals surface area (Å²) < 4.78 is 18.9. The topological polar surface area (TPSA) is 72.6 Å². The summed E-state index contributed by atoms with van der Waals surface area (Å²) in [5, 5.41) is 19.7. The number of nitrogens with zero attached hydrogens (tertiary/aromatic N) is 1. The van der Waals surface area contributed by atoms with Crippen molar-refractivity contribution in [1.29, 1.82) is 0 Å². The molecule has 1 N–H and O–H groups in total. The molecular weight excluding hydrogens is 265 g/mol. The van der Waals surface area contributed by atoms with Crippen molar-refractivity contribution in [3.63, 3.8) is 0 Å². The van der Waals surface area contributed by atoms with Gasteiger partial charge in [0.2, 0.25) is 0 Å². The summed E-state index contributed by atoms with van der Waals surface area (Å²) in [5.41, 5.74) is 0.726. The van der Waals surface area contributed by atoms with Gasteiger partial charge in [0.25, 0.3) is 5.69 Å². The maximum Gasteiger partial charge on any atom is 0.276 e. The predicted molar refractivity (Wildman–Crippen MR) is 69.8 cm³/mol. The zero-order valence-corrected chi connectivity index (χ0v) is 10.5. The summed E-state index contributed by atoms with van der Waals surface area (Å²) in [6.45, 7) is -0.367. The first-order valence-corrected chi connectivity index (χ1v) is 5.86. The zero-order valence-electron chi connectivity index (χ0n) is 10.5. The molecule has 0 saturated heterocycles. The third kappa shape index (κ3) is 3.10. The van der Waals surface area contributed by atoms with Gasteiger partial charge in [0.05, 0.1) is 17.1 Å². The molecule has 0 amide bonds. The van der Waals surface area contributed by atoms with E-state index < -0.39 is 10.7 Å². The summed E-state index contributed by atoms with van der Waals surface area (Å²) in [6, 6.07) is 10.2. The molecule has 104 valence electrons. The number of rotatable bonds is 5. The standard InChI is InChI=1S/C14H12FNO4/c15-12-7-10(8-17)5-6-14(12)20-9-11-3-1-2-4-13(11)16(18)19/h1-7,17H,8-9H2. The van der Waals surface area contributed by atoms with Crippen LogP contribution < -0.4 is 4.74 Å². The van der Waals surface area contributed by atoms with Crippen molar-refractivity contribution >= 4 is 5.69 Å². The zero-order chi connectivity index (χ0) is 14.5. The molecule has 0 aliphatic carbocycles. The Labute approximate surface area is 114 Å². The monoisotopic (exact) mass is 277 g/mol. The summed E-state index contributed by atoms with van der Waals surface area (Å²) in [4.78, 5) is 10.3. The van der Waals surface area contributed by atoms with Crippen LogP contribution in [0, 0.1) is 15.9 Å². The fourth-order valence-electron chi connectivity index (χ4n) is 1.73. The lowest BCUT2D eigenvalue weighted by Crippen LogP contribution is -2.01. The van der Waals surface area contributed by atoms with Gasteiger partial charge in [-0.3, -0.25) is 10.1 Å². The number of nitro benzene ring substituents is 1. The highest BCUT2D eigenvalue weighted by atomic mass is 19.1. The summed E-state index contributed by atoms with van der Waals surface area (Å²) in [5.74, 6) is -0.629. The second-order valence-corrected chi connectivity index (χ2v) is 4.10. The van der Waals surface area contributed by atoms with Gasteiger partial charge in [-0.15, -0.1) is 0 Å². The number of aliphatic hydroxyl groups excluding tert-OH is 1. The normalized spacial score (nSPS) is 10.3. The van der Waals surface area contributed by atoms with E-state index in [1.165, 1.54) is 18.2 Å². The minimum atomic E-state index is -0.616. The molecule has 2 aromatic carbocycles. The molecule has 6 heteroatoms. The van der Waals surface area contributed by atoms with Crippen molar-refractivity contribution in [2.75, 3.05) is 0 Å². The fraction of sp³-hybridized carbons (Fsp3) is 0.143. The molecule has 0 heterocycles. The molecule has 20 heavy (non-hydrogen) atoms. The Bertz CT molecular complexity index is 630. The van der Waals surface area contributed by atoms with Crippen molar-refractivity contribution in [2.24, 2.45) is 0 Å². The Morgan fingerprint density at radius 2 is 2.00 bits per heavy atom. The number of benzene rings is 2. The van der Waals surface area contributed by atoms with Crippen molar-refractivity contribution in [3.05, 3.63) is 69.5 Å². The first-order valence-electron chi connectivity index (χ1n) is 5.86. The second kappa shape index (κ2) is 6.12. The van der Waals surface area contributed by atoms with Gasteiger partial charge in [-0.25, -0.2) is 4.39 Å².